The van der Waals surface area contributed by atoms with Crippen LogP contribution in [0.1, 0.15) is 16.6 Å². The van der Waals surface area contributed by atoms with Gasteiger partial charge in [0.2, 0.25) is 0 Å². The Morgan fingerprint density at radius 1 is 1.24 bits per heavy atom. The number of carbonyl (C=O) groups excluding carboxylic acids is 2. The van der Waals surface area contributed by atoms with Crippen LogP contribution in [0.25, 0.3) is 10.2 Å². The molecule has 0 radical (unpaired) electrons. The Hall–Kier alpha value is -2.16. The van der Waals surface area contributed by atoms with E-state index in [2.05, 4.69) is 10.3 Å². The number of halogens is 1. The molecule has 0 bridgehead atoms. The Bertz CT molecular complexity index is 922. The van der Waals surface area contributed by atoms with Gasteiger partial charge in [0, 0.05) is 0 Å². The second-order valence-electron chi connectivity index (χ2n) is 4.81. The molecule has 0 spiro atoms. The average Bonchev–Trinajstić information content (AvgIpc) is 3.18. The molecular weight excluding hydrogens is 384 g/mol. The van der Waals surface area contributed by atoms with E-state index in [4.69, 9.17) is 21.1 Å². The molecule has 9 heteroatoms. The Morgan fingerprint density at radius 3 is 2.80 bits per heavy atom. The van der Waals surface area contributed by atoms with Crippen molar-refractivity contribution in [2.45, 2.75) is 6.92 Å². The maximum atomic E-state index is 11.9. The van der Waals surface area contributed by atoms with Crippen molar-refractivity contribution < 1.29 is 19.1 Å². The van der Waals surface area contributed by atoms with E-state index < -0.39 is 18.5 Å². The van der Waals surface area contributed by atoms with Gasteiger partial charge in [-0.1, -0.05) is 22.9 Å². The van der Waals surface area contributed by atoms with E-state index in [-0.39, 0.29) is 0 Å². The van der Waals surface area contributed by atoms with Gasteiger partial charge in [-0.25, -0.2) is 9.78 Å². The third kappa shape index (κ3) is 4.47. The van der Waals surface area contributed by atoms with Gasteiger partial charge in [-0.3, -0.25) is 10.1 Å². The molecule has 0 saturated heterocycles. The standard InChI is InChI=1S/C16H13ClN2O4S2/c1-2-22-9-3-4-10-12(7-9)25-16(18-10)19-14(20)8-23-15(21)11-5-6-13(17)24-11/h3-7H,2,8H2,1H3,(H,18,19,20). The second-order valence-corrected chi connectivity index (χ2v) is 7.56. The normalized spacial score (nSPS) is 10.6. The molecule has 3 aromatic rings. The van der Waals surface area contributed by atoms with Crippen molar-refractivity contribution >= 4 is 61.5 Å². The van der Waals surface area contributed by atoms with Gasteiger partial charge in [-0.05, 0) is 37.3 Å². The summed E-state index contributed by atoms with van der Waals surface area (Å²) in [4.78, 5) is 28.4. The van der Waals surface area contributed by atoms with Crippen LogP contribution in [0.2, 0.25) is 4.34 Å². The molecule has 25 heavy (non-hydrogen) atoms. The quantitative estimate of drug-likeness (QED) is 0.631. The number of hydrogen-bond donors (Lipinski definition) is 1. The number of nitrogens with zero attached hydrogens (tertiary/aromatic N) is 1. The number of carbonyl (C=O) groups is 2. The maximum Gasteiger partial charge on any atom is 0.348 e. The summed E-state index contributed by atoms with van der Waals surface area (Å²) in [5, 5.41) is 3.06. The van der Waals surface area contributed by atoms with Crippen molar-refractivity contribution in [1.29, 1.82) is 0 Å². The zero-order chi connectivity index (χ0) is 17.8. The Balaban J connectivity index is 1.59. The zero-order valence-corrected chi connectivity index (χ0v) is 15.5. The molecule has 0 atom stereocenters. The molecule has 0 aliphatic heterocycles. The number of thiazole rings is 1. The summed E-state index contributed by atoms with van der Waals surface area (Å²) >= 11 is 8.18. The van der Waals surface area contributed by atoms with Gasteiger partial charge >= 0.3 is 5.97 Å². The lowest BCUT2D eigenvalue weighted by molar-refractivity contribution is -0.119. The predicted octanol–water partition coefficient (Wildman–Crippen LogP) is 4.21. The maximum absolute atomic E-state index is 11.9. The van der Waals surface area contributed by atoms with E-state index in [0.717, 1.165) is 27.3 Å². The largest absolute Gasteiger partial charge is 0.494 e. The van der Waals surface area contributed by atoms with Crippen LogP contribution in [-0.2, 0) is 9.53 Å². The molecule has 130 valence electrons. The number of esters is 1. The first-order chi connectivity index (χ1) is 12.0. The van der Waals surface area contributed by atoms with Gasteiger partial charge in [0.05, 0.1) is 21.2 Å². The minimum atomic E-state index is -0.585. The number of amides is 1. The van der Waals surface area contributed by atoms with E-state index in [1.807, 2.05) is 25.1 Å². The van der Waals surface area contributed by atoms with Crippen LogP contribution in [0, 0.1) is 0 Å². The van der Waals surface area contributed by atoms with Crippen molar-refractivity contribution in [3.63, 3.8) is 0 Å². The SMILES string of the molecule is CCOc1ccc2nc(NC(=O)COC(=O)c3ccc(Cl)s3)sc2c1. The highest BCUT2D eigenvalue weighted by atomic mass is 35.5. The van der Waals surface area contributed by atoms with E-state index in [1.54, 1.807) is 12.1 Å². The molecule has 0 unspecified atom stereocenters. The molecule has 2 heterocycles. The molecule has 1 N–H and O–H groups in total. The van der Waals surface area contributed by atoms with Crippen LogP contribution in [0.4, 0.5) is 5.13 Å². The predicted molar refractivity (Wildman–Crippen MR) is 99.0 cm³/mol. The fraction of sp³-hybridized carbons (Fsp3) is 0.188. The molecule has 2 aromatic heterocycles. The van der Waals surface area contributed by atoms with E-state index >= 15 is 0 Å². The summed E-state index contributed by atoms with van der Waals surface area (Å²) in [6.45, 7) is 2.09. The summed E-state index contributed by atoms with van der Waals surface area (Å²) in [6, 6.07) is 8.67. The van der Waals surface area contributed by atoms with Gasteiger partial charge in [-0.2, -0.15) is 0 Å². The topological polar surface area (TPSA) is 77.5 Å². The summed E-state index contributed by atoms with van der Waals surface area (Å²) in [5.74, 6) is -0.294. The van der Waals surface area contributed by atoms with E-state index in [1.165, 1.54) is 11.3 Å². The van der Waals surface area contributed by atoms with Crippen molar-refractivity contribution in [2.75, 3.05) is 18.5 Å². The fourth-order valence-electron chi connectivity index (χ4n) is 2.00. The monoisotopic (exact) mass is 396 g/mol. The number of rotatable bonds is 6. The minimum absolute atomic E-state index is 0.348. The molecule has 0 aliphatic rings. The number of aromatic nitrogens is 1. The van der Waals surface area contributed by atoms with Gasteiger partial charge < -0.3 is 9.47 Å². The summed E-state index contributed by atoms with van der Waals surface area (Å²) in [5.41, 5.74) is 0.758. The molecule has 0 fully saturated rings. The lowest BCUT2D eigenvalue weighted by Crippen LogP contribution is -2.20. The van der Waals surface area contributed by atoms with Gasteiger partial charge in [0.15, 0.2) is 11.7 Å². The average molecular weight is 397 g/mol. The molecule has 1 amide bonds. The first-order valence-electron chi connectivity index (χ1n) is 7.31. The Morgan fingerprint density at radius 2 is 2.08 bits per heavy atom. The lowest BCUT2D eigenvalue weighted by Gasteiger charge is -2.02. The van der Waals surface area contributed by atoms with Gasteiger partial charge in [0.1, 0.15) is 10.6 Å². The fourth-order valence-corrected chi connectivity index (χ4v) is 3.84. The van der Waals surface area contributed by atoms with Crippen molar-refractivity contribution in [1.82, 2.24) is 4.98 Å². The van der Waals surface area contributed by atoms with Crippen LogP contribution in [0.5, 0.6) is 5.75 Å². The number of thiophene rings is 1. The molecule has 1 aromatic carbocycles. The number of ether oxygens (including phenoxy) is 2. The highest BCUT2D eigenvalue weighted by Gasteiger charge is 2.14. The van der Waals surface area contributed by atoms with Gasteiger partial charge in [-0.15, -0.1) is 11.3 Å². The molecule has 0 aliphatic carbocycles. The van der Waals surface area contributed by atoms with Crippen LogP contribution < -0.4 is 10.1 Å². The van der Waals surface area contributed by atoms with Crippen molar-refractivity contribution in [3.05, 3.63) is 39.5 Å². The van der Waals surface area contributed by atoms with Crippen molar-refractivity contribution in [3.8, 4) is 5.75 Å². The Labute approximate surface area is 156 Å². The van der Waals surface area contributed by atoms with E-state index in [9.17, 15) is 9.59 Å². The second kappa shape index (κ2) is 7.81. The smallest absolute Gasteiger partial charge is 0.348 e. The summed E-state index contributed by atoms with van der Waals surface area (Å²) in [7, 11) is 0. The highest BCUT2D eigenvalue weighted by molar-refractivity contribution is 7.22. The number of benzene rings is 1. The summed E-state index contributed by atoms with van der Waals surface area (Å²) < 4.78 is 11.8. The lowest BCUT2D eigenvalue weighted by atomic mass is 10.3. The zero-order valence-electron chi connectivity index (χ0n) is 13.1. The third-order valence-electron chi connectivity index (χ3n) is 3.03. The molecule has 6 nitrogen and oxygen atoms in total. The number of anilines is 1. The van der Waals surface area contributed by atoms with Crippen LogP contribution in [-0.4, -0.2) is 30.1 Å². The van der Waals surface area contributed by atoms with Crippen molar-refractivity contribution in [2.24, 2.45) is 0 Å². The van der Waals surface area contributed by atoms with Crippen LogP contribution in [0.15, 0.2) is 30.3 Å². The minimum Gasteiger partial charge on any atom is -0.494 e. The molecule has 0 saturated carbocycles. The summed E-state index contributed by atoms with van der Waals surface area (Å²) in [6.07, 6.45) is 0. The molecule has 3 rings (SSSR count). The number of fused-ring (bicyclic) bond motifs is 1. The van der Waals surface area contributed by atoms with Crippen LogP contribution in [0.3, 0.4) is 0 Å². The number of nitrogens with one attached hydrogen (secondary N) is 1. The van der Waals surface area contributed by atoms with Gasteiger partial charge in [0.25, 0.3) is 5.91 Å². The number of hydrogen-bond acceptors (Lipinski definition) is 7. The van der Waals surface area contributed by atoms with Crippen LogP contribution >= 0.6 is 34.3 Å². The third-order valence-corrected chi connectivity index (χ3v) is 5.17. The first kappa shape index (κ1) is 17.7. The molecular formula is C16H13ClN2O4S2. The Kier molecular flexibility index (Phi) is 5.52. The van der Waals surface area contributed by atoms with E-state index in [0.29, 0.717) is 21.0 Å². The highest BCUT2D eigenvalue weighted by Crippen LogP contribution is 2.29. The first-order valence-corrected chi connectivity index (χ1v) is 9.32.